The lowest BCUT2D eigenvalue weighted by Gasteiger charge is -2.10. The quantitative estimate of drug-likeness (QED) is 0.544. The largest absolute Gasteiger partial charge is 0.462 e. The smallest absolute Gasteiger partial charge is 0.416 e. The summed E-state index contributed by atoms with van der Waals surface area (Å²) in [5.41, 5.74) is -0.304. The van der Waals surface area contributed by atoms with Crippen molar-refractivity contribution in [2.45, 2.75) is 25.9 Å². The fraction of sp³-hybridized carbons (Fsp3) is 0.273. The summed E-state index contributed by atoms with van der Waals surface area (Å²) in [6.07, 6.45) is -5.10. The topological polar surface area (TPSA) is 111 Å². The molecule has 2 aromatic carbocycles. The number of rotatable bonds is 9. The van der Waals surface area contributed by atoms with Gasteiger partial charge in [-0.1, -0.05) is 6.07 Å². The molecule has 2 N–H and O–H groups in total. The minimum absolute atomic E-state index is 0.0979. The number of hydrogen-bond acceptors (Lipinski definition) is 6. The lowest BCUT2D eigenvalue weighted by molar-refractivity contribution is -0.147. The molecule has 0 saturated heterocycles. The van der Waals surface area contributed by atoms with Crippen molar-refractivity contribution < 1.29 is 41.8 Å². The van der Waals surface area contributed by atoms with Gasteiger partial charge in [-0.3, -0.25) is 14.4 Å². The predicted octanol–water partition coefficient (Wildman–Crippen LogP) is 3.78. The fourth-order valence-corrected chi connectivity index (χ4v) is 2.53. The number of anilines is 2. The summed E-state index contributed by atoms with van der Waals surface area (Å²) in [5, 5.41) is 4.74. The van der Waals surface area contributed by atoms with Gasteiger partial charge in [0.15, 0.2) is 6.61 Å². The molecule has 2 amide bonds. The number of halogens is 3. The summed E-state index contributed by atoms with van der Waals surface area (Å²) < 4.78 is 47.7. The maximum atomic E-state index is 12.7. The van der Waals surface area contributed by atoms with E-state index in [-0.39, 0.29) is 25.1 Å². The van der Waals surface area contributed by atoms with Gasteiger partial charge in [0.1, 0.15) is 0 Å². The highest BCUT2D eigenvalue weighted by Crippen LogP contribution is 2.30. The summed E-state index contributed by atoms with van der Waals surface area (Å²) in [7, 11) is 0. The number of carbonyl (C=O) groups excluding carboxylic acids is 4. The minimum atomic E-state index is -4.56. The third kappa shape index (κ3) is 8.63. The van der Waals surface area contributed by atoms with Gasteiger partial charge in [-0.15, -0.1) is 0 Å². The molecule has 0 bridgehead atoms. The summed E-state index contributed by atoms with van der Waals surface area (Å²) in [5.74, 6) is -2.64. The first-order valence-electron chi connectivity index (χ1n) is 9.78. The molecule has 0 unspecified atom stereocenters. The number of esters is 2. The second-order valence-electron chi connectivity index (χ2n) is 6.63. The summed E-state index contributed by atoms with van der Waals surface area (Å²) >= 11 is 0. The van der Waals surface area contributed by atoms with Crippen molar-refractivity contribution in [1.29, 1.82) is 0 Å². The Kier molecular flexibility index (Phi) is 8.96. The number of amides is 2. The van der Waals surface area contributed by atoms with Crippen molar-refractivity contribution in [1.82, 2.24) is 0 Å². The first-order valence-corrected chi connectivity index (χ1v) is 9.78. The van der Waals surface area contributed by atoms with Crippen LogP contribution in [0.4, 0.5) is 24.5 Å². The Morgan fingerprint density at radius 3 is 2.15 bits per heavy atom. The number of hydrogen-bond donors (Lipinski definition) is 2. The van der Waals surface area contributed by atoms with Crippen LogP contribution < -0.4 is 10.6 Å². The zero-order valence-electron chi connectivity index (χ0n) is 17.5. The van der Waals surface area contributed by atoms with E-state index in [0.717, 1.165) is 18.2 Å². The maximum absolute atomic E-state index is 12.7. The number of nitrogens with one attached hydrogen (secondary N) is 2. The molecular weight excluding hydrogens is 445 g/mol. The van der Waals surface area contributed by atoms with Crippen LogP contribution in [-0.4, -0.2) is 37.0 Å². The normalized spacial score (nSPS) is 10.8. The van der Waals surface area contributed by atoms with Crippen molar-refractivity contribution in [2.24, 2.45) is 0 Å². The van der Waals surface area contributed by atoms with Crippen molar-refractivity contribution >= 4 is 35.1 Å². The van der Waals surface area contributed by atoms with E-state index in [4.69, 9.17) is 9.47 Å². The van der Waals surface area contributed by atoms with Crippen LogP contribution in [0.5, 0.6) is 0 Å². The van der Waals surface area contributed by atoms with E-state index in [1.807, 2.05) is 0 Å². The van der Waals surface area contributed by atoms with E-state index in [1.54, 1.807) is 6.92 Å². The van der Waals surface area contributed by atoms with Crippen LogP contribution >= 0.6 is 0 Å². The molecule has 0 fully saturated rings. The number of alkyl halides is 3. The van der Waals surface area contributed by atoms with Crippen molar-refractivity contribution in [2.75, 3.05) is 23.8 Å². The molecule has 0 saturated carbocycles. The van der Waals surface area contributed by atoms with Crippen molar-refractivity contribution in [3.63, 3.8) is 0 Å². The van der Waals surface area contributed by atoms with Gasteiger partial charge < -0.3 is 20.1 Å². The molecule has 2 rings (SSSR count). The van der Waals surface area contributed by atoms with E-state index in [9.17, 15) is 32.3 Å². The third-order valence-corrected chi connectivity index (χ3v) is 4.07. The van der Waals surface area contributed by atoms with Crippen LogP contribution in [0, 0.1) is 0 Å². The van der Waals surface area contributed by atoms with Crippen LogP contribution in [0.25, 0.3) is 0 Å². The zero-order valence-corrected chi connectivity index (χ0v) is 17.5. The zero-order chi connectivity index (χ0) is 24.4. The van der Waals surface area contributed by atoms with Crippen LogP contribution in [0.15, 0.2) is 48.5 Å². The van der Waals surface area contributed by atoms with Crippen LogP contribution in [0.2, 0.25) is 0 Å². The van der Waals surface area contributed by atoms with Gasteiger partial charge in [0, 0.05) is 17.8 Å². The molecule has 11 heteroatoms. The highest BCUT2D eigenvalue weighted by molar-refractivity contribution is 5.95. The van der Waals surface area contributed by atoms with Gasteiger partial charge in [0.2, 0.25) is 5.91 Å². The Morgan fingerprint density at radius 2 is 1.52 bits per heavy atom. The molecule has 0 aliphatic heterocycles. The molecule has 33 heavy (non-hydrogen) atoms. The summed E-state index contributed by atoms with van der Waals surface area (Å²) in [4.78, 5) is 47.1. The molecule has 0 heterocycles. The van der Waals surface area contributed by atoms with Crippen molar-refractivity contribution in [3.05, 3.63) is 59.7 Å². The Labute approximate surface area is 187 Å². The Hall–Kier alpha value is -3.89. The monoisotopic (exact) mass is 466 g/mol. The second kappa shape index (κ2) is 11.7. The van der Waals surface area contributed by atoms with Gasteiger partial charge in [-0.25, -0.2) is 4.79 Å². The molecule has 0 atom stereocenters. The van der Waals surface area contributed by atoms with Crippen LogP contribution in [0.3, 0.4) is 0 Å². The van der Waals surface area contributed by atoms with Crippen molar-refractivity contribution in [3.8, 4) is 0 Å². The lowest BCUT2D eigenvalue weighted by Crippen LogP contribution is -2.22. The average Bonchev–Trinajstić information content (AvgIpc) is 2.76. The first kappa shape index (κ1) is 25.4. The fourth-order valence-electron chi connectivity index (χ4n) is 2.53. The van der Waals surface area contributed by atoms with E-state index >= 15 is 0 Å². The highest BCUT2D eigenvalue weighted by atomic mass is 19.4. The third-order valence-electron chi connectivity index (χ3n) is 4.07. The molecule has 8 nitrogen and oxygen atoms in total. The summed E-state index contributed by atoms with van der Waals surface area (Å²) in [6, 6.07) is 9.96. The molecular formula is C22H21F3N2O6. The van der Waals surface area contributed by atoms with Gasteiger partial charge in [-0.2, -0.15) is 13.2 Å². The Bertz CT molecular complexity index is 1010. The van der Waals surface area contributed by atoms with Crippen LogP contribution in [-0.2, 0) is 30.0 Å². The van der Waals surface area contributed by atoms with Gasteiger partial charge in [0.05, 0.1) is 24.2 Å². The van der Waals surface area contributed by atoms with E-state index in [0.29, 0.717) is 11.3 Å². The average molecular weight is 466 g/mol. The number of carbonyl (C=O) groups is 4. The number of benzene rings is 2. The molecule has 0 aliphatic rings. The molecule has 0 spiro atoms. The first-order chi connectivity index (χ1) is 15.6. The molecule has 0 aromatic heterocycles. The standard InChI is InChI=1S/C22H21F3N2O6/c1-2-32-21(31)14-6-8-16(9-7-14)26-18(28)10-11-20(30)33-13-19(29)27-17-5-3-4-15(12-17)22(23,24)25/h3-9,12H,2,10-11,13H2,1H3,(H,26,28)(H,27,29). The van der Waals surface area contributed by atoms with Crippen LogP contribution in [0.1, 0.15) is 35.7 Å². The second-order valence-corrected chi connectivity index (χ2v) is 6.63. The summed E-state index contributed by atoms with van der Waals surface area (Å²) in [6.45, 7) is 1.20. The molecule has 0 aliphatic carbocycles. The SMILES string of the molecule is CCOC(=O)c1ccc(NC(=O)CCC(=O)OCC(=O)Nc2cccc(C(F)(F)F)c2)cc1. The van der Waals surface area contributed by atoms with E-state index in [1.165, 1.54) is 30.3 Å². The van der Waals surface area contributed by atoms with E-state index < -0.39 is 42.1 Å². The highest BCUT2D eigenvalue weighted by Gasteiger charge is 2.30. The van der Waals surface area contributed by atoms with Gasteiger partial charge >= 0.3 is 18.1 Å². The Balaban J connectivity index is 1.73. The maximum Gasteiger partial charge on any atom is 0.416 e. The minimum Gasteiger partial charge on any atom is -0.462 e. The molecule has 2 aromatic rings. The predicted molar refractivity (Wildman–Crippen MR) is 111 cm³/mol. The Morgan fingerprint density at radius 1 is 0.848 bits per heavy atom. The number of ether oxygens (including phenoxy) is 2. The molecule has 176 valence electrons. The lowest BCUT2D eigenvalue weighted by atomic mass is 10.2. The molecule has 0 radical (unpaired) electrons. The van der Waals surface area contributed by atoms with Gasteiger partial charge in [-0.05, 0) is 49.4 Å². The van der Waals surface area contributed by atoms with E-state index in [2.05, 4.69) is 10.6 Å². The van der Waals surface area contributed by atoms with Gasteiger partial charge in [0.25, 0.3) is 5.91 Å².